The first-order valence-electron chi connectivity index (χ1n) is 6.71. The first-order chi connectivity index (χ1) is 9.95. The fourth-order valence-corrected chi connectivity index (χ4v) is 1.93. The lowest BCUT2D eigenvalue weighted by molar-refractivity contribution is -0.384. The molecule has 1 aromatic carbocycles. The largest absolute Gasteiger partial charge is 0.352 e. The molecule has 7 nitrogen and oxygen atoms in total. The van der Waals surface area contributed by atoms with E-state index in [1.54, 1.807) is 11.9 Å². The molecule has 0 saturated heterocycles. The highest BCUT2D eigenvalue weighted by molar-refractivity contribution is 5.98. The van der Waals surface area contributed by atoms with Crippen LogP contribution in [0.3, 0.4) is 0 Å². The molecule has 1 aromatic rings. The van der Waals surface area contributed by atoms with Crippen LogP contribution in [0.15, 0.2) is 24.3 Å². The van der Waals surface area contributed by atoms with E-state index < -0.39 is 4.92 Å². The predicted octanol–water partition coefficient (Wildman–Crippen LogP) is 0.988. The highest BCUT2D eigenvalue weighted by Gasteiger charge is 2.24. The summed E-state index contributed by atoms with van der Waals surface area (Å²) in [5.41, 5.74) is 0.161. The number of rotatable bonds is 7. The van der Waals surface area contributed by atoms with Gasteiger partial charge in [-0.2, -0.15) is 0 Å². The number of likely N-dealkylation sites (N-methyl/N-ethyl adjacent to an activating group) is 1. The van der Waals surface area contributed by atoms with Crippen molar-refractivity contribution in [1.29, 1.82) is 0 Å². The lowest BCUT2D eigenvalue weighted by Crippen LogP contribution is -2.38. The van der Waals surface area contributed by atoms with E-state index in [2.05, 4.69) is 5.32 Å². The van der Waals surface area contributed by atoms with Crippen LogP contribution >= 0.6 is 0 Å². The van der Waals surface area contributed by atoms with Crippen LogP contribution in [0.2, 0.25) is 0 Å². The standard InChI is InChI=1S/C14H17N3O4/c1-16(9-14(19)15-11-5-6-11)8-13(18)10-3-2-4-12(7-10)17(20)21/h2-4,7,11H,5-6,8-9H2,1H3,(H,15,19). The van der Waals surface area contributed by atoms with Gasteiger partial charge in [0.2, 0.25) is 5.91 Å². The monoisotopic (exact) mass is 291 g/mol. The number of nitrogens with zero attached hydrogens (tertiary/aromatic N) is 2. The van der Waals surface area contributed by atoms with E-state index in [4.69, 9.17) is 0 Å². The first kappa shape index (κ1) is 15.1. The van der Waals surface area contributed by atoms with Gasteiger partial charge in [-0.15, -0.1) is 0 Å². The van der Waals surface area contributed by atoms with Crippen molar-refractivity contribution >= 4 is 17.4 Å². The Morgan fingerprint density at radius 2 is 2.10 bits per heavy atom. The van der Waals surface area contributed by atoms with Gasteiger partial charge in [0.1, 0.15) is 0 Å². The number of amides is 1. The number of non-ortho nitro benzene ring substituents is 1. The van der Waals surface area contributed by atoms with Crippen LogP contribution in [0, 0.1) is 10.1 Å². The molecule has 0 spiro atoms. The lowest BCUT2D eigenvalue weighted by Gasteiger charge is -2.15. The van der Waals surface area contributed by atoms with Gasteiger partial charge in [0.15, 0.2) is 5.78 Å². The number of carbonyl (C=O) groups excluding carboxylic acids is 2. The summed E-state index contributed by atoms with van der Waals surface area (Å²) in [5, 5.41) is 13.5. The molecule has 21 heavy (non-hydrogen) atoms. The highest BCUT2D eigenvalue weighted by Crippen LogP contribution is 2.18. The summed E-state index contributed by atoms with van der Waals surface area (Å²) >= 11 is 0. The number of nitro benzene ring substituents is 1. The molecule has 1 fully saturated rings. The first-order valence-corrected chi connectivity index (χ1v) is 6.71. The van der Waals surface area contributed by atoms with Gasteiger partial charge < -0.3 is 5.32 Å². The summed E-state index contributed by atoms with van der Waals surface area (Å²) in [6.07, 6.45) is 2.03. The second-order valence-electron chi connectivity index (χ2n) is 5.24. The Labute approximate surface area is 122 Å². The van der Waals surface area contributed by atoms with E-state index >= 15 is 0 Å². The van der Waals surface area contributed by atoms with Crippen molar-refractivity contribution in [1.82, 2.24) is 10.2 Å². The molecule has 0 heterocycles. The van der Waals surface area contributed by atoms with Crippen LogP contribution < -0.4 is 5.32 Å². The summed E-state index contributed by atoms with van der Waals surface area (Å²) in [6, 6.07) is 5.89. The number of nitro groups is 1. The van der Waals surface area contributed by atoms with Crippen LogP contribution in [-0.4, -0.2) is 47.7 Å². The Morgan fingerprint density at radius 1 is 1.38 bits per heavy atom. The minimum absolute atomic E-state index is 0.0409. The summed E-state index contributed by atoms with van der Waals surface area (Å²) in [4.78, 5) is 35.4. The molecular weight excluding hydrogens is 274 g/mol. The second-order valence-corrected chi connectivity index (χ2v) is 5.24. The fourth-order valence-electron chi connectivity index (χ4n) is 1.93. The van der Waals surface area contributed by atoms with Crippen molar-refractivity contribution in [2.45, 2.75) is 18.9 Å². The number of nitrogens with one attached hydrogen (secondary N) is 1. The molecule has 2 rings (SSSR count). The molecule has 1 amide bonds. The number of hydrogen-bond acceptors (Lipinski definition) is 5. The SMILES string of the molecule is CN(CC(=O)NC1CC1)CC(=O)c1cccc([N+](=O)[O-])c1. The van der Waals surface area contributed by atoms with Crippen molar-refractivity contribution in [2.75, 3.05) is 20.1 Å². The van der Waals surface area contributed by atoms with Crippen molar-refractivity contribution in [3.05, 3.63) is 39.9 Å². The molecule has 0 aromatic heterocycles. The van der Waals surface area contributed by atoms with E-state index in [0.29, 0.717) is 6.04 Å². The Balaban J connectivity index is 1.89. The number of hydrogen-bond donors (Lipinski definition) is 1. The predicted molar refractivity (Wildman–Crippen MR) is 76.1 cm³/mol. The molecule has 0 radical (unpaired) electrons. The van der Waals surface area contributed by atoms with Gasteiger partial charge in [-0.3, -0.25) is 24.6 Å². The third-order valence-electron chi connectivity index (χ3n) is 3.15. The average Bonchev–Trinajstić information content (AvgIpc) is 3.22. The zero-order chi connectivity index (χ0) is 15.4. The molecular formula is C14H17N3O4. The Morgan fingerprint density at radius 3 is 2.71 bits per heavy atom. The van der Waals surface area contributed by atoms with Crippen molar-refractivity contribution in [2.24, 2.45) is 0 Å². The normalized spacial score (nSPS) is 14.0. The van der Waals surface area contributed by atoms with Crippen molar-refractivity contribution in [3.8, 4) is 0 Å². The maximum absolute atomic E-state index is 12.0. The second kappa shape index (κ2) is 6.45. The van der Waals surface area contributed by atoms with Crippen LogP contribution in [0.5, 0.6) is 0 Å². The van der Waals surface area contributed by atoms with Crippen LogP contribution in [0.4, 0.5) is 5.69 Å². The lowest BCUT2D eigenvalue weighted by atomic mass is 10.1. The topological polar surface area (TPSA) is 92.6 Å². The van der Waals surface area contributed by atoms with E-state index in [1.807, 2.05) is 0 Å². The molecule has 1 aliphatic carbocycles. The van der Waals surface area contributed by atoms with E-state index in [9.17, 15) is 19.7 Å². The number of benzene rings is 1. The summed E-state index contributed by atoms with van der Waals surface area (Å²) in [7, 11) is 1.67. The molecule has 1 aliphatic rings. The highest BCUT2D eigenvalue weighted by atomic mass is 16.6. The molecule has 1 N–H and O–H groups in total. The van der Waals surface area contributed by atoms with Crippen LogP contribution in [0.1, 0.15) is 23.2 Å². The zero-order valence-corrected chi connectivity index (χ0v) is 11.7. The molecule has 0 unspecified atom stereocenters. The zero-order valence-electron chi connectivity index (χ0n) is 11.7. The van der Waals surface area contributed by atoms with E-state index in [1.165, 1.54) is 24.3 Å². The minimum Gasteiger partial charge on any atom is -0.352 e. The summed E-state index contributed by atoms with van der Waals surface area (Å²) in [5.74, 6) is -0.354. The fraction of sp³-hybridized carbons (Fsp3) is 0.429. The van der Waals surface area contributed by atoms with Crippen molar-refractivity contribution in [3.63, 3.8) is 0 Å². The molecule has 0 aliphatic heterocycles. The number of carbonyl (C=O) groups is 2. The Kier molecular flexibility index (Phi) is 4.64. The molecule has 7 heteroatoms. The van der Waals surface area contributed by atoms with Gasteiger partial charge >= 0.3 is 0 Å². The Bertz CT molecular complexity index is 569. The quantitative estimate of drug-likeness (QED) is 0.459. The van der Waals surface area contributed by atoms with Crippen LogP contribution in [0.25, 0.3) is 0 Å². The van der Waals surface area contributed by atoms with E-state index in [-0.39, 0.29) is 36.0 Å². The molecule has 0 atom stereocenters. The van der Waals surface area contributed by atoms with Gasteiger partial charge in [-0.1, -0.05) is 12.1 Å². The summed E-state index contributed by atoms with van der Waals surface area (Å²) in [6.45, 7) is 0.177. The summed E-state index contributed by atoms with van der Waals surface area (Å²) < 4.78 is 0. The maximum Gasteiger partial charge on any atom is 0.270 e. The Hall–Kier alpha value is -2.28. The molecule has 0 bridgehead atoms. The van der Waals surface area contributed by atoms with E-state index in [0.717, 1.165) is 12.8 Å². The van der Waals surface area contributed by atoms with Crippen LogP contribution in [-0.2, 0) is 4.79 Å². The number of Topliss-reactive ketones (excluding diaryl/α,β-unsaturated/α-hetero) is 1. The van der Waals surface area contributed by atoms with Gasteiger partial charge in [0.25, 0.3) is 5.69 Å². The molecule has 1 saturated carbocycles. The van der Waals surface area contributed by atoms with Gasteiger partial charge in [-0.05, 0) is 19.9 Å². The average molecular weight is 291 g/mol. The third kappa shape index (κ3) is 4.64. The van der Waals surface area contributed by atoms with Crippen molar-refractivity contribution < 1.29 is 14.5 Å². The van der Waals surface area contributed by atoms with Gasteiger partial charge in [-0.25, -0.2) is 0 Å². The van der Waals surface area contributed by atoms with Gasteiger partial charge in [0, 0.05) is 23.7 Å². The smallest absolute Gasteiger partial charge is 0.270 e. The van der Waals surface area contributed by atoms with Gasteiger partial charge in [0.05, 0.1) is 18.0 Å². The minimum atomic E-state index is -0.538. The molecule has 112 valence electrons. The maximum atomic E-state index is 12.0. The third-order valence-corrected chi connectivity index (χ3v) is 3.15. The number of ketones is 1.